The molecule has 151 valence electrons. The summed E-state index contributed by atoms with van der Waals surface area (Å²) in [4.78, 5) is 49.9. The van der Waals surface area contributed by atoms with Crippen molar-refractivity contribution < 1.29 is 66.3 Å². The van der Waals surface area contributed by atoms with Crippen molar-refractivity contribution in [2.24, 2.45) is 5.73 Å². The van der Waals surface area contributed by atoms with Crippen LogP contribution in [-0.2, 0) is 45.9 Å². The normalized spacial score (nSPS) is 6.64. The number of hydrogen-bond acceptors (Lipinski definition) is 8. The number of carbonyl (C=O) groups excluding carboxylic acids is 1. The molecule has 0 aromatic rings. The van der Waals surface area contributed by atoms with Gasteiger partial charge in [-0.2, -0.15) is 5.48 Å². The summed E-state index contributed by atoms with van der Waals surface area (Å²) in [5.74, 6) is -4.68. The SMILES string of the molecule is CC(=O)ONCCN.[CH2-]C(=O)O.[CH2-]C(=O)O.[CH2-]C(=O)O.[CH2-]C(=O)O.[Mn]. The van der Waals surface area contributed by atoms with Gasteiger partial charge in [0.25, 0.3) is 0 Å². The second-order valence-electron chi connectivity index (χ2n) is 2.85. The van der Waals surface area contributed by atoms with Gasteiger partial charge in [-0.05, 0) is 0 Å². The van der Waals surface area contributed by atoms with Crippen LogP contribution in [-0.4, -0.2) is 63.4 Å². The van der Waals surface area contributed by atoms with Gasteiger partial charge in [-0.15, -0.1) is 0 Å². The first-order valence-electron chi connectivity index (χ1n) is 5.50. The molecule has 0 bridgehead atoms. The third-order valence-corrected chi connectivity index (χ3v) is 0.462. The van der Waals surface area contributed by atoms with Gasteiger partial charge in [0.2, 0.25) is 0 Å². The quantitative estimate of drug-likeness (QED) is 0.138. The summed E-state index contributed by atoms with van der Waals surface area (Å²) in [7, 11) is 0. The maximum Gasteiger partial charge on any atom is 0.321 e. The molecular weight excluding hydrogens is 387 g/mol. The number of carboxylic acid groups (broad SMARTS) is 4. The van der Waals surface area contributed by atoms with Crippen LogP contribution in [0.2, 0.25) is 0 Å². The van der Waals surface area contributed by atoms with E-state index in [2.05, 4.69) is 38.0 Å². The molecule has 0 aliphatic rings. The first-order valence-corrected chi connectivity index (χ1v) is 5.50. The molecule has 0 rings (SSSR count). The van der Waals surface area contributed by atoms with Crippen molar-refractivity contribution in [3.05, 3.63) is 27.7 Å². The zero-order chi connectivity index (χ0) is 20.7. The van der Waals surface area contributed by atoms with Crippen LogP contribution in [0.15, 0.2) is 0 Å². The van der Waals surface area contributed by atoms with Crippen LogP contribution in [0.4, 0.5) is 0 Å². The molecule has 7 N–H and O–H groups in total. The van der Waals surface area contributed by atoms with Gasteiger partial charge in [-0.3, -0.25) is 51.7 Å². The van der Waals surface area contributed by atoms with Crippen LogP contribution >= 0.6 is 0 Å². The molecule has 0 aromatic heterocycles. The average molecular weight is 409 g/mol. The Morgan fingerprint density at radius 2 is 1.04 bits per heavy atom. The molecular formula is C12H22MnN2O10-4. The van der Waals surface area contributed by atoms with E-state index in [1.54, 1.807) is 0 Å². The first kappa shape index (κ1) is 38.1. The van der Waals surface area contributed by atoms with E-state index in [-0.39, 0.29) is 23.0 Å². The molecule has 13 heteroatoms. The van der Waals surface area contributed by atoms with E-state index in [0.717, 1.165) is 0 Å². The Morgan fingerprint density at radius 3 is 1.16 bits per heavy atom. The third-order valence-electron chi connectivity index (χ3n) is 0.462. The summed E-state index contributed by atoms with van der Waals surface area (Å²) in [6.07, 6.45) is 0. The minimum Gasteiger partial charge on any atom is -0.503 e. The minimum absolute atomic E-state index is 0. The second kappa shape index (κ2) is 33.0. The van der Waals surface area contributed by atoms with Crippen molar-refractivity contribution in [2.45, 2.75) is 6.92 Å². The molecule has 0 atom stereocenters. The number of hydroxylamine groups is 1. The van der Waals surface area contributed by atoms with E-state index >= 15 is 0 Å². The summed E-state index contributed by atoms with van der Waals surface area (Å²) >= 11 is 0. The molecule has 0 aliphatic heterocycles. The molecule has 0 amide bonds. The number of nitrogens with one attached hydrogen (secondary N) is 1. The van der Waals surface area contributed by atoms with Gasteiger partial charge < -0.3 is 31.0 Å². The monoisotopic (exact) mass is 409 g/mol. The van der Waals surface area contributed by atoms with Gasteiger partial charge in [0.05, 0.1) is 0 Å². The molecule has 0 aromatic carbocycles. The van der Waals surface area contributed by atoms with Crippen LogP contribution < -0.4 is 11.2 Å². The molecule has 25 heavy (non-hydrogen) atoms. The van der Waals surface area contributed by atoms with Crippen LogP contribution in [0, 0.1) is 27.7 Å². The number of carbonyl (C=O) groups is 5. The van der Waals surface area contributed by atoms with E-state index < -0.39 is 23.9 Å². The second-order valence-corrected chi connectivity index (χ2v) is 2.85. The smallest absolute Gasteiger partial charge is 0.321 e. The summed E-state index contributed by atoms with van der Waals surface area (Å²) in [6, 6.07) is 0. The van der Waals surface area contributed by atoms with Crippen LogP contribution in [0.1, 0.15) is 6.92 Å². The predicted octanol–water partition coefficient (Wildman–Crippen LogP) is -1.37. The van der Waals surface area contributed by atoms with Crippen LogP contribution in [0.3, 0.4) is 0 Å². The van der Waals surface area contributed by atoms with Crippen molar-refractivity contribution in [1.29, 1.82) is 0 Å². The van der Waals surface area contributed by atoms with Crippen molar-refractivity contribution in [1.82, 2.24) is 5.48 Å². The van der Waals surface area contributed by atoms with Gasteiger partial charge in [0, 0.05) is 37.1 Å². The summed E-state index contributed by atoms with van der Waals surface area (Å²) in [5, 5.41) is 29.2. The van der Waals surface area contributed by atoms with Crippen molar-refractivity contribution in [3.63, 3.8) is 0 Å². The fraction of sp³-hybridized carbons (Fsp3) is 0.250. The predicted molar refractivity (Wildman–Crippen MR) is 80.8 cm³/mol. The summed E-state index contributed by atoms with van der Waals surface area (Å²) < 4.78 is 0. The van der Waals surface area contributed by atoms with Gasteiger partial charge >= 0.3 is 5.97 Å². The number of carboxylic acids is 4. The fourth-order valence-electron chi connectivity index (χ4n) is 0.212. The van der Waals surface area contributed by atoms with E-state index in [0.29, 0.717) is 13.1 Å². The number of hydrogen-bond donors (Lipinski definition) is 6. The van der Waals surface area contributed by atoms with Crippen LogP contribution in [0.5, 0.6) is 0 Å². The van der Waals surface area contributed by atoms with Crippen LogP contribution in [0.25, 0.3) is 0 Å². The van der Waals surface area contributed by atoms with Gasteiger partial charge in [-0.25, -0.2) is 0 Å². The molecule has 0 aliphatic carbocycles. The van der Waals surface area contributed by atoms with Gasteiger partial charge in [0.1, 0.15) is 0 Å². The molecule has 0 saturated heterocycles. The number of rotatable bonds is 3. The Bertz CT molecular complexity index is 300. The Labute approximate surface area is 155 Å². The van der Waals surface area contributed by atoms with E-state index in [4.69, 9.17) is 45.3 Å². The standard InChI is InChI=1S/C4H10N2O2.4C2H3O2.Mn/c1-4(7)8-6-3-2-5;4*1-2(3)4;/h6H,2-3,5H2,1H3;4*1H2,(H,3,4);/q;4*-1;. The Hall–Kier alpha value is -2.73. The topological polar surface area (TPSA) is 214 Å². The maximum atomic E-state index is 9.99. The first-order chi connectivity index (χ1) is 10.7. The molecule has 0 unspecified atom stereocenters. The average Bonchev–Trinajstić information content (AvgIpc) is 2.25. The Kier molecular flexibility index (Phi) is 50.3. The van der Waals surface area contributed by atoms with Crippen molar-refractivity contribution in [2.75, 3.05) is 13.1 Å². The summed E-state index contributed by atoms with van der Waals surface area (Å²) in [5.41, 5.74) is 7.42. The Balaban J connectivity index is -0.0000000467. The van der Waals surface area contributed by atoms with Crippen molar-refractivity contribution in [3.8, 4) is 0 Å². The van der Waals surface area contributed by atoms with Gasteiger partial charge in [0.15, 0.2) is 23.9 Å². The van der Waals surface area contributed by atoms with Gasteiger partial charge in [-0.1, -0.05) is 0 Å². The van der Waals surface area contributed by atoms with E-state index in [1.807, 2.05) is 0 Å². The van der Waals surface area contributed by atoms with E-state index in [9.17, 15) is 4.79 Å². The molecule has 1 radical (unpaired) electrons. The fourth-order valence-corrected chi connectivity index (χ4v) is 0.212. The number of aliphatic carboxylic acids is 4. The zero-order valence-corrected chi connectivity index (χ0v) is 14.6. The van der Waals surface area contributed by atoms with E-state index in [1.165, 1.54) is 6.92 Å². The largest absolute Gasteiger partial charge is 0.503 e. The molecule has 0 spiro atoms. The maximum absolute atomic E-state index is 9.99. The molecule has 12 nitrogen and oxygen atoms in total. The molecule has 0 fully saturated rings. The third kappa shape index (κ3) is 1530. The number of nitrogens with two attached hydrogens (primary N) is 1. The molecule has 0 saturated carbocycles. The summed E-state index contributed by atoms with van der Waals surface area (Å²) in [6.45, 7) is 12.5. The molecule has 0 heterocycles. The van der Waals surface area contributed by atoms with Crippen molar-refractivity contribution >= 4 is 29.8 Å². The minimum atomic E-state index is -1.08. The Morgan fingerprint density at radius 1 is 0.840 bits per heavy atom. The zero-order valence-electron chi connectivity index (χ0n) is 13.4.